The number of alkyl halides is 3. The van der Waals surface area contributed by atoms with Crippen molar-refractivity contribution in [1.29, 1.82) is 0 Å². The van der Waals surface area contributed by atoms with Gasteiger partial charge in [0.05, 0.1) is 52.7 Å². The highest BCUT2D eigenvalue weighted by Crippen LogP contribution is 2.19. The van der Waals surface area contributed by atoms with Gasteiger partial charge >= 0.3 is 15.0 Å². The van der Waals surface area contributed by atoms with Crippen LogP contribution in [-0.4, -0.2) is 102 Å². The molecule has 0 saturated heterocycles. The van der Waals surface area contributed by atoms with Crippen LogP contribution in [0.5, 0.6) is 0 Å². The fourth-order valence-corrected chi connectivity index (χ4v) is 5.43. The van der Waals surface area contributed by atoms with Gasteiger partial charge in [-0.05, 0) is 12.8 Å². The molecule has 0 amide bonds. The van der Waals surface area contributed by atoms with Crippen LogP contribution in [0, 0.1) is 0 Å². The Labute approximate surface area is 233 Å². The molecule has 9 nitrogen and oxygen atoms in total. The van der Waals surface area contributed by atoms with E-state index in [1.54, 1.807) is 21.3 Å². The van der Waals surface area contributed by atoms with Crippen LogP contribution in [0.25, 0.3) is 0 Å². The van der Waals surface area contributed by atoms with Gasteiger partial charge in [0, 0.05) is 33.8 Å². The van der Waals surface area contributed by atoms with Gasteiger partial charge in [0.1, 0.15) is 13.4 Å². The van der Waals surface area contributed by atoms with Crippen molar-refractivity contribution < 1.29 is 54.9 Å². The molecule has 0 aliphatic rings. The molecular weight excluding hydrogens is 541 g/mol. The van der Waals surface area contributed by atoms with E-state index in [0.717, 1.165) is 38.1 Å². The van der Waals surface area contributed by atoms with Crippen LogP contribution in [0.3, 0.4) is 0 Å². The normalized spacial score (nSPS) is 12.4. The summed E-state index contributed by atoms with van der Waals surface area (Å²) in [6.45, 7) is 1.32. The topological polar surface area (TPSA) is 90.9 Å². The van der Waals surface area contributed by atoms with Gasteiger partial charge in [-0.25, -0.2) is 0 Å². The van der Waals surface area contributed by atoms with Crippen LogP contribution < -0.4 is 0 Å². The lowest BCUT2D eigenvalue weighted by molar-refractivity contribution is -0.146. The molecule has 0 unspecified atom stereocenters. The molecule has 39 heavy (non-hydrogen) atoms. The van der Waals surface area contributed by atoms with Gasteiger partial charge < -0.3 is 37.0 Å². The van der Waals surface area contributed by atoms with Crippen LogP contribution >= 0.6 is 0 Å². The van der Waals surface area contributed by atoms with Crippen LogP contribution in [0.15, 0.2) is 0 Å². The molecule has 0 aromatic rings. The van der Waals surface area contributed by atoms with E-state index in [2.05, 4.69) is 0 Å². The molecule has 0 aliphatic heterocycles. The first kappa shape index (κ1) is 38.4. The zero-order chi connectivity index (χ0) is 29.1. The predicted molar refractivity (Wildman–Crippen MR) is 143 cm³/mol. The number of halogens is 3. The number of carbonyl (C=O) groups is 1. The summed E-state index contributed by atoms with van der Waals surface area (Å²) in [5.74, 6) is 0.105. The average Bonchev–Trinajstić information content (AvgIpc) is 2.91. The summed E-state index contributed by atoms with van der Waals surface area (Å²) in [5, 5.41) is 0. The van der Waals surface area contributed by atoms with Gasteiger partial charge in [-0.1, -0.05) is 44.9 Å². The third-order valence-electron chi connectivity index (χ3n) is 5.95. The Morgan fingerprint density at radius 2 is 1.03 bits per heavy atom. The van der Waals surface area contributed by atoms with E-state index in [1.165, 1.54) is 25.7 Å². The third-order valence-corrected chi connectivity index (χ3v) is 8.78. The fraction of sp³-hybridized carbons (Fsp3) is 0.962. The smallest absolute Gasteiger partial charge is 0.379 e. The van der Waals surface area contributed by atoms with E-state index in [-0.39, 0.29) is 39.0 Å². The molecule has 0 atom stereocenters. The summed E-state index contributed by atoms with van der Waals surface area (Å²) in [7, 11) is 2.53. The van der Waals surface area contributed by atoms with Gasteiger partial charge in [0.15, 0.2) is 5.78 Å². The van der Waals surface area contributed by atoms with Gasteiger partial charge in [0.25, 0.3) is 0 Å². The van der Waals surface area contributed by atoms with Crippen molar-refractivity contribution in [3.05, 3.63) is 0 Å². The molecule has 0 aliphatic carbocycles. The van der Waals surface area contributed by atoms with E-state index >= 15 is 0 Å². The van der Waals surface area contributed by atoms with Crippen LogP contribution in [0.1, 0.15) is 70.6 Å². The van der Waals surface area contributed by atoms with Crippen molar-refractivity contribution in [2.75, 3.05) is 81.0 Å². The van der Waals surface area contributed by atoms with Gasteiger partial charge in [-0.15, -0.1) is 0 Å². The third kappa shape index (κ3) is 26.0. The minimum absolute atomic E-state index is 0.0699. The second-order valence-electron chi connectivity index (χ2n) is 9.09. The number of hydrogen-bond donors (Lipinski definition) is 0. The van der Waals surface area contributed by atoms with Gasteiger partial charge in [-0.3, -0.25) is 4.79 Å². The Hall–Kier alpha value is -0.643. The fourth-order valence-electron chi connectivity index (χ4n) is 3.64. The Balaban J connectivity index is 3.29. The highest BCUT2D eigenvalue weighted by Gasteiger charge is 2.36. The maximum Gasteiger partial charge on any atom is 0.500 e. The minimum atomic E-state index is -4.20. The van der Waals surface area contributed by atoms with E-state index in [0.29, 0.717) is 32.8 Å². The van der Waals surface area contributed by atoms with Crippen LogP contribution in [0.4, 0.5) is 13.2 Å². The lowest BCUT2D eigenvalue weighted by Gasteiger charge is -2.24. The van der Waals surface area contributed by atoms with Crippen molar-refractivity contribution in [3.8, 4) is 0 Å². The largest absolute Gasteiger partial charge is 0.500 e. The van der Waals surface area contributed by atoms with E-state index in [4.69, 9.17) is 37.0 Å². The Bertz CT molecular complexity index is 545. The molecule has 234 valence electrons. The molecule has 0 heterocycles. The van der Waals surface area contributed by atoms with Gasteiger partial charge in [0.2, 0.25) is 0 Å². The Morgan fingerprint density at radius 3 is 1.54 bits per heavy atom. The summed E-state index contributed by atoms with van der Waals surface area (Å²) in [5.41, 5.74) is 0. The summed E-state index contributed by atoms with van der Waals surface area (Å²) in [6.07, 6.45) is 5.55. The Morgan fingerprint density at radius 1 is 0.590 bits per heavy atom. The molecule has 0 bridgehead atoms. The number of ketones is 1. The molecule has 0 N–H and O–H groups in total. The second-order valence-corrected chi connectivity index (χ2v) is 12.2. The van der Waals surface area contributed by atoms with E-state index in [1.807, 2.05) is 0 Å². The lowest BCUT2D eigenvalue weighted by Crippen LogP contribution is -2.42. The van der Waals surface area contributed by atoms with Crippen molar-refractivity contribution in [2.45, 2.75) is 82.8 Å². The van der Waals surface area contributed by atoms with Crippen molar-refractivity contribution in [1.82, 2.24) is 0 Å². The molecule has 0 saturated carbocycles. The van der Waals surface area contributed by atoms with Crippen molar-refractivity contribution in [2.24, 2.45) is 0 Å². The zero-order valence-corrected chi connectivity index (χ0v) is 25.2. The molecule has 0 fully saturated rings. The first-order valence-corrected chi connectivity index (χ1v) is 15.8. The molecule has 0 radical (unpaired) electrons. The number of rotatable bonds is 30. The van der Waals surface area contributed by atoms with Crippen LogP contribution in [-0.2, 0) is 41.8 Å². The maximum absolute atomic E-state index is 11.9. The molecule has 13 heteroatoms. The minimum Gasteiger partial charge on any atom is -0.379 e. The van der Waals surface area contributed by atoms with Crippen molar-refractivity contribution >= 4 is 14.6 Å². The predicted octanol–water partition coefficient (Wildman–Crippen LogP) is 5.33. The lowest BCUT2D eigenvalue weighted by atomic mass is 10.1. The van der Waals surface area contributed by atoms with Crippen LogP contribution in [0.2, 0.25) is 6.04 Å². The summed E-state index contributed by atoms with van der Waals surface area (Å²) in [6, 6.07) is 0.854. The van der Waals surface area contributed by atoms with E-state index in [9.17, 15) is 18.0 Å². The second kappa shape index (κ2) is 26.3. The summed E-state index contributed by atoms with van der Waals surface area (Å²) >= 11 is 0. The summed E-state index contributed by atoms with van der Waals surface area (Å²) < 4.78 is 77.9. The zero-order valence-electron chi connectivity index (χ0n) is 24.2. The van der Waals surface area contributed by atoms with Gasteiger partial charge in [-0.2, -0.15) is 13.2 Å². The molecule has 0 spiro atoms. The molecule has 0 aromatic heterocycles. The maximum atomic E-state index is 11.9. The number of unbranched alkanes of at least 4 members (excludes halogenated alkanes) is 8. The highest BCUT2D eigenvalue weighted by atomic mass is 28.4. The number of Topliss-reactive ketones (excluding diaryl/α,β-unsaturated/α-hetero) is 1. The summed E-state index contributed by atoms with van der Waals surface area (Å²) in [4.78, 5) is 11.9. The van der Waals surface area contributed by atoms with Crippen molar-refractivity contribution in [3.63, 3.8) is 0 Å². The standard InChI is InChI=1S/C26H51F3O9Si/c1-31-39(32-2,33-3)22-12-10-8-6-4-5-7-9-11-13-25(30)23-36-19-21-38-24-37-20-18-35-17-16-34-15-14-26(27,28)29/h4-24H2,1-3H3. The quantitative estimate of drug-likeness (QED) is 0.0624. The number of ether oxygens (including phenoxy) is 5. The molecule has 0 aromatic carbocycles. The Kier molecular flexibility index (Phi) is 25.8. The SMILES string of the molecule is CO[Si](CCCCCCCCCCCC(=O)COCCOCOCCOCCOCCC(F)(F)F)(OC)OC. The first-order chi connectivity index (χ1) is 18.8. The number of carbonyl (C=O) groups excluding carboxylic acids is 1. The average molecular weight is 593 g/mol. The first-order valence-electron chi connectivity index (χ1n) is 13.9. The highest BCUT2D eigenvalue weighted by molar-refractivity contribution is 6.60. The molecule has 0 rings (SSSR count). The number of hydrogen-bond acceptors (Lipinski definition) is 9. The molecular formula is C26H51F3O9Si. The monoisotopic (exact) mass is 592 g/mol. The van der Waals surface area contributed by atoms with E-state index < -0.39 is 21.4 Å².